The minimum absolute atomic E-state index is 0.156. The average Bonchev–Trinajstić information content (AvgIpc) is 3.42. The summed E-state index contributed by atoms with van der Waals surface area (Å²) in [7, 11) is 0. The largest absolute Gasteiger partial charge is 0.467 e. The normalized spacial score (nSPS) is 11.6. The fraction of sp³-hybridized carbons (Fsp3) is 0.259. The number of thioether (sulfide) groups is 1. The van der Waals surface area contributed by atoms with E-state index >= 15 is 0 Å². The van der Waals surface area contributed by atoms with E-state index in [1.807, 2.05) is 19.1 Å². The summed E-state index contributed by atoms with van der Waals surface area (Å²) < 4.78 is 7.74. The van der Waals surface area contributed by atoms with Crippen LogP contribution in [0.1, 0.15) is 50.1 Å². The molecule has 0 spiro atoms. The Hall–Kier alpha value is -3.05. The smallest absolute Gasteiger partial charge is 0.192 e. The Morgan fingerprint density at radius 1 is 1.00 bits per heavy atom. The molecule has 0 aliphatic carbocycles. The maximum Gasteiger partial charge on any atom is 0.192 e. The molecule has 0 aliphatic rings. The molecule has 2 heterocycles. The zero-order valence-electron chi connectivity index (χ0n) is 19.1. The molecule has 0 unspecified atom stereocenters. The molecule has 2 aromatic heterocycles. The van der Waals surface area contributed by atoms with Gasteiger partial charge in [-0.25, -0.2) is 0 Å². The molecule has 0 saturated carbocycles. The maximum atomic E-state index is 5.61. The van der Waals surface area contributed by atoms with E-state index in [0.717, 1.165) is 39.2 Å². The predicted molar refractivity (Wildman–Crippen MR) is 133 cm³/mol. The van der Waals surface area contributed by atoms with Crippen molar-refractivity contribution in [2.24, 2.45) is 0 Å². The molecule has 0 fully saturated rings. The molecule has 0 N–H and O–H groups in total. The molecule has 5 heteroatoms. The highest BCUT2D eigenvalue weighted by atomic mass is 32.2. The number of hydrogen-bond acceptors (Lipinski definition) is 4. The van der Waals surface area contributed by atoms with Crippen LogP contribution < -0.4 is 0 Å². The van der Waals surface area contributed by atoms with E-state index in [9.17, 15) is 0 Å². The second-order valence-corrected chi connectivity index (χ2v) is 10.0. The van der Waals surface area contributed by atoms with Crippen LogP contribution in [0.2, 0.25) is 0 Å². The van der Waals surface area contributed by atoms with Crippen molar-refractivity contribution in [2.45, 2.75) is 50.6 Å². The SMILES string of the molecule is C=C(C)c1ccc(-c2nnc(SCc3ccc(C(C)(C)C)cc3)n2Cc2ccco2)cc1. The molecule has 0 saturated heterocycles. The van der Waals surface area contributed by atoms with Gasteiger partial charge < -0.3 is 4.42 Å². The molecular weight excluding hydrogens is 414 g/mol. The molecule has 0 atom stereocenters. The summed E-state index contributed by atoms with van der Waals surface area (Å²) >= 11 is 1.69. The number of rotatable bonds is 7. The average molecular weight is 444 g/mol. The first-order valence-electron chi connectivity index (χ1n) is 10.8. The van der Waals surface area contributed by atoms with Gasteiger partial charge in [-0.1, -0.05) is 93.2 Å². The predicted octanol–water partition coefficient (Wildman–Crippen LogP) is 7.21. The van der Waals surface area contributed by atoms with Crippen molar-refractivity contribution in [3.8, 4) is 11.4 Å². The van der Waals surface area contributed by atoms with Gasteiger partial charge in [0.15, 0.2) is 11.0 Å². The summed E-state index contributed by atoms with van der Waals surface area (Å²) in [5, 5.41) is 9.92. The lowest BCUT2D eigenvalue weighted by Crippen LogP contribution is -2.10. The maximum absolute atomic E-state index is 5.61. The summed E-state index contributed by atoms with van der Waals surface area (Å²) in [4.78, 5) is 0. The van der Waals surface area contributed by atoms with Crippen LogP contribution in [0.4, 0.5) is 0 Å². The van der Waals surface area contributed by atoms with Crippen molar-refractivity contribution < 1.29 is 4.42 Å². The molecule has 4 nitrogen and oxygen atoms in total. The van der Waals surface area contributed by atoms with Crippen molar-refractivity contribution >= 4 is 17.3 Å². The van der Waals surface area contributed by atoms with E-state index in [2.05, 4.69) is 90.6 Å². The first kappa shape index (κ1) is 22.2. The fourth-order valence-corrected chi connectivity index (χ4v) is 4.36. The molecule has 0 radical (unpaired) electrons. The van der Waals surface area contributed by atoms with Crippen LogP contribution in [-0.4, -0.2) is 14.8 Å². The van der Waals surface area contributed by atoms with E-state index in [0.29, 0.717) is 6.54 Å². The van der Waals surface area contributed by atoms with Crippen LogP contribution in [0.3, 0.4) is 0 Å². The highest BCUT2D eigenvalue weighted by molar-refractivity contribution is 7.98. The number of aromatic nitrogens is 3. The zero-order chi connectivity index (χ0) is 22.7. The van der Waals surface area contributed by atoms with Crippen LogP contribution in [0, 0.1) is 0 Å². The molecule has 164 valence electrons. The van der Waals surface area contributed by atoms with Gasteiger partial charge in [-0.05, 0) is 41.2 Å². The second-order valence-electron chi connectivity index (χ2n) is 9.06. The van der Waals surface area contributed by atoms with Crippen molar-refractivity contribution in [3.05, 3.63) is 96.0 Å². The number of hydrogen-bond donors (Lipinski definition) is 0. The van der Waals surface area contributed by atoms with Gasteiger partial charge >= 0.3 is 0 Å². The van der Waals surface area contributed by atoms with Crippen LogP contribution in [0.15, 0.2) is 83.1 Å². The third-order valence-corrected chi connectivity index (χ3v) is 6.47. The van der Waals surface area contributed by atoms with Crippen molar-refractivity contribution in [1.29, 1.82) is 0 Å². The first-order valence-corrected chi connectivity index (χ1v) is 11.7. The quantitative estimate of drug-likeness (QED) is 0.283. The highest BCUT2D eigenvalue weighted by Gasteiger charge is 2.17. The molecule has 32 heavy (non-hydrogen) atoms. The number of nitrogens with zero attached hydrogens (tertiary/aromatic N) is 3. The van der Waals surface area contributed by atoms with Crippen LogP contribution >= 0.6 is 11.8 Å². The topological polar surface area (TPSA) is 43.9 Å². The highest BCUT2D eigenvalue weighted by Crippen LogP contribution is 2.29. The molecule has 0 bridgehead atoms. The fourth-order valence-electron chi connectivity index (χ4n) is 3.46. The number of benzene rings is 2. The molecule has 2 aromatic carbocycles. The van der Waals surface area contributed by atoms with Gasteiger partial charge in [0.05, 0.1) is 12.8 Å². The van der Waals surface area contributed by atoms with Crippen LogP contribution in [0.5, 0.6) is 0 Å². The van der Waals surface area contributed by atoms with Gasteiger partial charge in [0.25, 0.3) is 0 Å². The lowest BCUT2D eigenvalue weighted by Gasteiger charge is -2.19. The van der Waals surface area contributed by atoms with Gasteiger partial charge in [0, 0.05) is 11.3 Å². The summed E-state index contributed by atoms with van der Waals surface area (Å²) in [5.74, 6) is 2.54. The Kier molecular flexibility index (Phi) is 6.38. The standard InChI is InChI=1S/C27H29N3OS/c1-19(2)21-10-12-22(13-11-21)25-28-29-26(30(25)17-24-7-6-16-31-24)32-18-20-8-14-23(15-9-20)27(3,4)5/h6-16H,1,17-18H2,2-5H3. The molecule has 4 aromatic rings. The Morgan fingerprint density at radius 2 is 1.72 bits per heavy atom. The zero-order valence-corrected chi connectivity index (χ0v) is 19.9. The minimum Gasteiger partial charge on any atom is -0.467 e. The van der Waals surface area contributed by atoms with Crippen molar-refractivity contribution in [2.75, 3.05) is 0 Å². The Morgan fingerprint density at radius 3 is 2.31 bits per heavy atom. The third kappa shape index (κ3) is 5.05. The monoisotopic (exact) mass is 443 g/mol. The van der Waals surface area contributed by atoms with E-state index in [-0.39, 0.29) is 5.41 Å². The Bertz CT molecular complexity index is 1180. The van der Waals surface area contributed by atoms with Gasteiger partial charge in [0.1, 0.15) is 5.76 Å². The van der Waals surface area contributed by atoms with Crippen molar-refractivity contribution in [1.82, 2.24) is 14.8 Å². The van der Waals surface area contributed by atoms with Crippen molar-refractivity contribution in [3.63, 3.8) is 0 Å². The summed E-state index contributed by atoms with van der Waals surface area (Å²) in [6, 6.07) is 21.0. The molecule has 0 aliphatic heterocycles. The van der Waals surface area contributed by atoms with Gasteiger partial charge in [-0.2, -0.15) is 0 Å². The lowest BCUT2D eigenvalue weighted by atomic mass is 9.87. The Labute approximate surface area is 194 Å². The van der Waals surface area contributed by atoms with E-state index in [4.69, 9.17) is 4.42 Å². The molecule has 4 rings (SSSR count). The second kappa shape index (κ2) is 9.21. The minimum atomic E-state index is 0.156. The summed E-state index contributed by atoms with van der Waals surface area (Å²) in [6.45, 7) is 13.3. The van der Waals surface area contributed by atoms with Gasteiger partial charge in [-0.3, -0.25) is 4.57 Å². The number of allylic oxidation sites excluding steroid dienone is 1. The summed E-state index contributed by atoms with van der Waals surface area (Å²) in [5.41, 5.74) is 5.95. The Balaban J connectivity index is 1.59. The molecule has 0 amide bonds. The van der Waals surface area contributed by atoms with Crippen LogP contribution in [-0.2, 0) is 17.7 Å². The van der Waals surface area contributed by atoms with E-state index in [1.54, 1.807) is 18.0 Å². The van der Waals surface area contributed by atoms with Gasteiger partial charge in [0.2, 0.25) is 0 Å². The van der Waals surface area contributed by atoms with E-state index in [1.165, 1.54) is 11.1 Å². The summed E-state index contributed by atoms with van der Waals surface area (Å²) in [6.07, 6.45) is 1.70. The number of furan rings is 1. The lowest BCUT2D eigenvalue weighted by molar-refractivity contribution is 0.485. The van der Waals surface area contributed by atoms with Gasteiger partial charge in [-0.15, -0.1) is 10.2 Å². The van der Waals surface area contributed by atoms with Crippen LogP contribution in [0.25, 0.3) is 17.0 Å². The van der Waals surface area contributed by atoms with E-state index < -0.39 is 0 Å². The first-order chi connectivity index (χ1) is 15.3. The molecular formula is C27H29N3OS. The third-order valence-electron chi connectivity index (χ3n) is 5.43.